The molecule has 130 valence electrons. The van der Waals surface area contributed by atoms with Gasteiger partial charge in [-0.1, -0.05) is 47.0 Å². The number of amides is 1. The summed E-state index contributed by atoms with van der Waals surface area (Å²) in [4.78, 5) is 23.0. The van der Waals surface area contributed by atoms with Gasteiger partial charge in [0.1, 0.15) is 0 Å². The molecule has 3 N–H and O–H groups in total. The molecular weight excluding hydrogens is 280 g/mol. The number of carbonyl (C=O) groups excluding carboxylic acids is 1. The second kappa shape index (κ2) is 11.5. The molecule has 0 aliphatic heterocycles. The van der Waals surface area contributed by atoms with E-state index in [0.717, 1.165) is 32.1 Å². The number of nitrogens with zero attached hydrogens (tertiary/aromatic N) is 1. The lowest BCUT2D eigenvalue weighted by molar-refractivity contribution is -0.140. The lowest BCUT2D eigenvalue weighted by atomic mass is 9.89. The fourth-order valence-electron chi connectivity index (χ4n) is 2.64. The molecule has 0 heterocycles. The number of unbranched alkanes of at least 4 members (excludes halogenated alkanes) is 1. The minimum absolute atomic E-state index is 0.0711. The summed E-state index contributed by atoms with van der Waals surface area (Å²) >= 11 is 0. The third kappa shape index (κ3) is 10.6. The number of hydrogen-bond acceptors (Lipinski definition) is 3. The molecule has 0 saturated heterocycles. The van der Waals surface area contributed by atoms with Gasteiger partial charge in [-0.15, -0.1) is 0 Å². The summed E-state index contributed by atoms with van der Waals surface area (Å²) in [7, 11) is 0. The molecule has 22 heavy (non-hydrogen) atoms. The molecule has 0 fully saturated rings. The number of hydrazine groups is 1. The first kappa shape index (κ1) is 20.9. The van der Waals surface area contributed by atoms with Gasteiger partial charge in [-0.2, -0.15) is 0 Å². The Balaban J connectivity index is 4.43. The smallest absolute Gasteiger partial charge is 0.303 e. The van der Waals surface area contributed by atoms with Crippen LogP contribution in [0.4, 0.5) is 0 Å². The average molecular weight is 314 g/mol. The molecule has 0 bridgehead atoms. The number of nitrogens with two attached hydrogens (primary N) is 1. The Bertz CT molecular complexity index is 332. The topological polar surface area (TPSA) is 83.6 Å². The van der Waals surface area contributed by atoms with Gasteiger partial charge in [-0.25, -0.2) is 5.84 Å². The van der Waals surface area contributed by atoms with E-state index in [1.54, 1.807) is 0 Å². The van der Waals surface area contributed by atoms with Crippen molar-refractivity contribution in [2.24, 2.45) is 23.6 Å². The highest BCUT2D eigenvalue weighted by atomic mass is 16.4. The van der Waals surface area contributed by atoms with Crippen molar-refractivity contribution in [3.8, 4) is 0 Å². The molecule has 5 heteroatoms. The number of hydrogen-bond donors (Lipinski definition) is 2. The maximum Gasteiger partial charge on any atom is 0.303 e. The molecule has 0 rings (SSSR count). The average Bonchev–Trinajstić information content (AvgIpc) is 2.41. The number of aliphatic carboxylic acids is 1. The van der Waals surface area contributed by atoms with E-state index in [1.807, 2.05) is 0 Å². The van der Waals surface area contributed by atoms with Crippen LogP contribution in [0, 0.1) is 17.8 Å². The quantitative estimate of drug-likeness (QED) is 0.328. The number of rotatable bonds is 12. The fourth-order valence-corrected chi connectivity index (χ4v) is 2.64. The molecule has 0 spiro atoms. The van der Waals surface area contributed by atoms with Gasteiger partial charge in [-0.05, 0) is 30.6 Å². The van der Waals surface area contributed by atoms with Crippen molar-refractivity contribution in [1.82, 2.24) is 5.01 Å². The van der Waals surface area contributed by atoms with Crippen LogP contribution in [0.3, 0.4) is 0 Å². The van der Waals surface area contributed by atoms with E-state index >= 15 is 0 Å². The van der Waals surface area contributed by atoms with Gasteiger partial charge in [0.25, 0.3) is 0 Å². The van der Waals surface area contributed by atoms with Gasteiger partial charge < -0.3 is 5.11 Å². The van der Waals surface area contributed by atoms with E-state index in [2.05, 4.69) is 27.7 Å². The van der Waals surface area contributed by atoms with Gasteiger partial charge in [0.15, 0.2) is 0 Å². The van der Waals surface area contributed by atoms with Gasteiger partial charge in [0.2, 0.25) is 5.91 Å². The second-order valence-electron chi connectivity index (χ2n) is 6.93. The summed E-state index contributed by atoms with van der Waals surface area (Å²) < 4.78 is 0. The molecule has 0 saturated carbocycles. The Hall–Kier alpha value is -1.10. The van der Waals surface area contributed by atoms with Crippen molar-refractivity contribution < 1.29 is 14.7 Å². The van der Waals surface area contributed by atoms with Crippen LogP contribution in [0.25, 0.3) is 0 Å². The van der Waals surface area contributed by atoms with Crippen molar-refractivity contribution >= 4 is 11.9 Å². The summed E-state index contributed by atoms with van der Waals surface area (Å²) in [5.41, 5.74) is 0. The zero-order valence-electron chi connectivity index (χ0n) is 14.7. The second-order valence-corrected chi connectivity index (χ2v) is 6.93. The molecule has 1 amide bonds. The monoisotopic (exact) mass is 314 g/mol. The van der Waals surface area contributed by atoms with E-state index < -0.39 is 5.97 Å². The maximum atomic E-state index is 12.0. The SMILES string of the molecule is CCCCC(C)CC(CC(=O)O)CN(N)C(=O)CCC(C)C. The highest BCUT2D eigenvalue weighted by Gasteiger charge is 2.21. The van der Waals surface area contributed by atoms with Crippen molar-refractivity contribution in [3.05, 3.63) is 0 Å². The lowest BCUT2D eigenvalue weighted by Crippen LogP contribution is -2.41. The molecule has 2 atom stereocenters. The highest BCUT2D eigenvalue weighted by molar-refractivity contribution is 5.75. The Kier molecular flexibility index (Phi) is 10.9. The van der Waals surface area contributed by atoms with Crippen molar-refractivity contribution in [2.45, 2.75) is 72.6 Å². The fraction of sp³-hybridized carbons (Fsp3) is 0.882. The van der Waals surface area contributed by atoms with E-state index in [0.29, 0.717) is 24.8 Å². The van der Waals surface area contributed by atoms with Crippen LogP contribution in [0.1, 0.15) is 72.6 Å². The predicted octanol–water partition coefficient (Wildman–Crippen LogP) is 3.43. The van der Waals surface area contributed by atoms with E-state index in [9.17, 15) is 9.59 Å². The molecule has 0 aliphatic rings. The Labute approximate surface area is 135 Å². The standard InChI is InChI=1S/C17H34N2O3/c1-5-6-7-14(4)10-15(11-17(21)22)12-19(18)16(20)9-8-13(2)3/h13-15H,5-12,18H2,1-4H3,(H,21,22). The first-order valence-corrected chi connectivity index (χ1v) is 8.53. The summed E-state index contributed by atoms with van der Waals surface area (Å²) in [6.45, 7) is 8.76. The normalized spacial score (nSPS) is 13.9. The number of carboxylic acids is 1. The van der Waals surface area contributed by atoms with Crippen molar-refractivity contribution in [1.29, 1.82) is 0 Å². The predicted molar refractivity (Wildman–Crippen MR) is 89.0 cm³/mol. The van der Waals surface area contributed by atoms with Crippen LogP contribution >= 0.6 is 0 Å². The molecule has 0 aliphatic carbocycles. The van der Waals surface area contributed by atoms with Crippen LogP contribution in [0.15, 0.2) is 0 Å². The van der Waals surface area contributed by atoms with Crippen LogP contribution in [-0.4, -0.2) is 28.5 Å². The van der Waals surface area contributed by atoms with Crippen LogP contribution < -0.4 is 5.84 Å². The van der Waals surface area contributed by atoms with Crippen LogP contribution in [-0.2, 0) is 9.59 Å². The molecule has 0 aromatic carbocycles. The third-order valence-electron chi connectivity index (χ3n) is 3.96. The Morgan fingerprint density at radius 3 is 2.32 bits per heavy atom. The van der Waals surface area contributed by atoms with Gasteiger partial charge in [-0.3, -0.25) is 14.6 Å². The Morgan fingerprint density at radius 1 is 1.18 bits per heavy atom. The van der Waals surface area contributed by atoms with Gasteiger partial charge in [0.05, 0.1) is 0 Å². The lowest BCUT2D eigenvalue weighted by Gasteiger charge is -2.25. The van der Waals surface area contributed by atoms with E-state index in [1.165, 1.54) is 5.01 Å². The zero-order chi connectivity index (χ0) is 17.1. The first-order chi connectivity index (χ1) is 10.3. The maximum absolute atomic E-state index is 12.0. The minimum Gasteiger partial charge on any atom is -0.481 e. The molecule has 2 unspecified atom stereocenters. The Morgan fingerprint density at radius 2 is 1.82 bits per heavy atom. The zero-order valence-corrected chi connectivity index (χ0v) is 14.7. The third-order valence-corrected chi connectivity index (χ3v) is 3.96. The molecule has 0 aromatic rings. The van der Waals surface area contributed by atoms with Crippen molar-refractivity contribution in [3.63, 3.8) is 0 Å². The van der Waals surface area contributed by atoms with Gasteiger partial charge in [0, 0.05) is 19.4 Å². The van der Waals surface area contributed by atoms with Crippen LogP contribution in [0.5, 0.6) is 0 Å². The molecule has 0 radical (unpaired) electrons. The summed E-state index contributed by atoms with van der Waals surface area (Å²) in [5.74, 6) is 5.78. The number of carbonyl (C=O) groups is 2. The summed E-state index contributed by atoms with van der Waals surface area (Å²) in [6, 6.07) is 0. The van der Waals surface area contributed by atoms with E-state index in [4.69, 9.17) is 10.9 Å². The van der Waals surface area contributed by atoms with Crippen LogP contribution in [0.2, 0.25) is 0 Å². The van der Waals surface area contributed by atoms with Crippen molar-refractivity contribution in [2.75, 3.05) is 6.54 Å². The van der Waals surface area contributed by atoms with E-state index in [-0.39, 0.29) is 18.2 Å². The highest BCUT2D eigenvalue weighted by Crippen LogP contribution is 2.21. The largest absolute Gasteiger partial charge is 0.481 e. The first-order valence-electron chi connectivity index (χ1n) is 8.53. The number of carboxylic acid groups (broad SMARTS) is 1. The summed E-state index contributed by atoms with van der Waals surface area (Å²) in [6.07, 6.45) is 5.51. The molecule has 0 aromatic heterocycles. The molecular formula is C17H34N2O3. The summed E-state index contributed by atoms with van der Waals surface area (Å²) in [5, 5.41) is 10.3. The van der Waals surface area contributed by atoms with Gasteiger partial charge >= 0.3 is 5.97 Å². The minimum atomic E-state index is -0.823. The molecule has 5 nitrogen and oxygen atoms in total.